The van der Waals surface area contributed by atoms with E-state index in [0.717, 1.165) is 0 Å². The highest BCUT2D eigenvalue weighted by Crippen LogP contribution is 2.26. The molecule has 0 unspecified atom stereocenters. The number of piperidine rings is 2. The number of nitrogens with one attached hydrogen (secondary N) is 1. The first kappa shape index (κ1) is 22.9. The number of carboxylic acid groups (broad SMARTS) is 1. The van der Waals surface area contributed by atoms with E-state index >= 15 is 0 Å². The summed E-state index contributed by atoms with van der Waals surface area (Å²) in [5.74, 6) is -0.746. The number of nitrogens with zero attached hydrogens (tertiary/aromatic N) is 5. The summed E-state index contributed by atoms with van der Waals surface area (Å²) in [6.07, 6.45) is 0.578. The number of nitrogens with two attached hydrogens (primary N) is 3. The van der Waals surface area contributed by atoms with Gasteiger partial charge in [-0.3, -0.25) is 0 Å². The van der Waals surface area contributed by atoms with Crippen LogP contribution in [-0.4, -0.2) is 86.6 Å². The average Bonchev–Trinajstić information content (AvgIpc) is 2.72. The number of aromatic hydroxyl groups is 1. The maximum absolute atomic E-state index is 11.2. The number of β-amino-alcohol motifs (C(OH)–C–C–N with tert-alkyl or cyclic N) is 1. The van der Waals surface area contributed by atoms with Crippen LogP contribution in [0.4, 0.5) is 23.5 Å². The zero-order valence-electron chi connectivity index (χ0n) is 18.0. The zero-order chi connectivity index (χ0) is 23.7. The molecule has 33 heavy (non-hydrogen) atoms. The van der Waals surface area contributed by atoms with Gasteiger partial charge in [-0.1, -0.05) is 0 Å². The number of aliphatic hydroxyl groups is 1. The maximum atomic E-state index is 11.2. The molecule has 2 saturated heterocycles. The molecule has 0 spiro atoms. The number of phenols is 1. The smallest absolute Gasteiger partial charge is 0.339 e. The van der Waals surface area contributed by atoms with Crippen molar-refractivity contribution < 1.29 is 20.1 Å². The van der Waals surface area contributed by atoms with Gasteiger partial charge in [-0.05, 0) is 25.0 Å². The van der Waals surface area contributed by atoms with E-state index in [4.69, 9.17) is 22.3 Å². The van der Waals surface area contributed by atoms with Crippen molar-refractivity contribution in [3.63, 3.8) is 0 Å². The molecule has 2 aliphatic rings. The Morgan fingerprint density at radius 3 is 2.06 bits per heavy atom. The molecule has 13 nitrogen and oxygen atoms in total. The van der Waals surface area contributed by atoms with Gasteiger partial charge in [0.05, 0.1) is 6.10 Å². The highest BCUT2D eigenvalue weighted by Gasteiger charge is 2.29. The van der Waals surface area contributed by atoms with Crippen molar-refractivity contribution in [1.29, 1.82) is 0 Å². The van der Waals surface area contributed by atoms with Crippen LogP contribution in [0.2, 0.25) is 0 Å². The molecule has 4 rings (SSSR count). The van der Waals surface area contributed by atoms with Gasteiger partial charge in [0.15, 0.2) is 0 Å². The normalized spacial score (nSPS) is 25.7. The summed E-state index contributed by atoms with van der Waals surface area (Å²) in [6.45, 7) is 1.83. The monoisotopic (exact) mass is 459 g/mol. The minimum Gasteiger partial charge on any atom is -0.507 e. The lowest BCUT2D eigenvalue weighted by atomic mass is 10.0. The Morgan fingerprint density at radius 2 is 1.52 bits per heavy atom. The zero-order valence-corrected chi connectivity index (χ0v) is 18.0. The first-order chi connectivity index (χ1) is 15.7. The van der Waals surface area contributed by atoms with Gasteiger partial charge in [-0.15, -0.1) is 0 Å². The first-order valence-corrected chi connectivity index (χ1v) is 10.7. The molecule has 13 heteroatoms. The van der Waals surface area contributed by atoms with E-state index in [-0.39, 0.29) is 35.4 Å². The molecular formula is C20H29N9O4. The van der Waals surface area contributed by atoms with E-state index in [2.05, 4.69) is 20.3 Å². The number of rotatable bonds is 5. The molecular weight excluding hydrogens is 430 g/mol. The van der Waals surface area contributed by atoms with E-state index in [1.807, 2.05) is 4.90 Å². The van der Waals surface area contributed by atoms with Crippen LogP contribution >= 0.6 is 0 Å². The van der Waals surface area contributed by atoms with Crippen molar-refractivity contribution in [2.75, 3.05) is 41.3 Å². The number of carboxylic acids is 1. The molecule has 0 amide bonds. The largest absolute Gasteiger partial charge is 0.507 e. The SMILES string of the molecule is N[C@@H]1C[C@H](N)CN(c2nc(Nc3ccc(C(=O)O)c(O)c3)nc(N3C[C@@H](N)C[C@@H](O)C3)n2)C1. The van der Waals surface area contributed by atoms with Crippen molar-refractivity contribution >= 4 is 29.5 Å². The average molecular weight is 460 g/mol. The fourth-order valence-corrected chi connectivity index (χ4v) is 4.23. The van der Waals surface area contributed by atoms with Crippen molar-refractivity contribution in [1.82, 2.24) is 15.0 Å². The molecule has 2 aliphatic heterocycles. The lowest BCUT2D eigenvalue weighted by Gasteiger charge is -2.36. The second-order valence-electron chi connectivity index (χ2n) is 8.64. The molecule has 2 aromatic rings. The highest BCUT2D eigenvalue weighted by atomic mass is 16.4. The number of anilines is 4. The minimum atomic E-state index is -1.23. The van der Waals surface area contributed by atoms with E-state index in [1.165, 1.54) is 18.2 Å². The van der Waals surface area contributed by atoms with Gasteiger partial charge in [-0.25, -0.2) is 4.79 Å². The van der Waals surface area contributed by atoms with Crippen LogP contribution in [0.3, 0.4) is 0 Å². The molecule has 1 aromatic heterocycles. The van der Waals surface area contributed by atoms with Gasteiger partial charge in [-0.2, -0.15) is 15.0 Å². The summed E-state index contributed by atoms with van der Waals surface area (Å²) in [4.78, 5) is 28.4. The molecule has 0 radical (unpaired) electrons. The number of aromatic nitrogens is 3. The summed E-state index contributed by atoms with van der Waals surface area (Å²) in [5, 5.41) is 32.3. The van der Waals surface area contributed by atoms with E-state index in [1.54, 1.807) is 4.90 Å². The number of aromatic carboxylic acids is 1. The minimum absolute atomic E-state index is 0.129. The molecule has 10 N–H and O–H groups in total. The summed E-state index contributed by atoms with van der Waals surface area (Å²) >= 11 is 0. The second-order valence-corrected chi connectivity index (χ2v) is 8.64. The predicted octanol–water partition coefficient (Wildman–Crippen LogP) is -1.22. The van der Waals surface area contributed by atoms with Crippen LogP contribution in [0.5, 0.6) is 5.75 Å². The van der Waals surface area contributed by atoms with Crippen molar-refractivity contribution in [2.24, 2.45) is 17.2 Å². The molecule has 1 aromatic carbocycles. The van der Waals surface area contributed by atoms with Gasteiger partial charge < -0.3 is 47.6 Å². The number of hydrogen-bond donors (Lipinski definition) is 7. The molecule has 0 saturated carbocycles. The highest BCUT2D eigenvalue weighted by molar-refractivity contribution is 5.91. The van der Waals surface area contributed by atoms with Gasteiger partial charge >= 0.3 is 5.97 Å². The van der Waals surface area contributed by atoms with Crippen molar-refractivity contribution in [2.45, 2.75) is 37.1 Å². The Kier molecular flexibility index (Phi) is 6.47. The lowest BCUT2D eigenvalue weighted by Crippen LogP contribution is -2.53. The fourth-order valence-electron chi connectivity index (χ4n) is 4.23. The van der Waals surface area contributed by atoms with Crippen LogP contribution in [-0.2, 0) is 0 Å². The number of aliphatic hydroxyl groups excluding tert-OH is 1. The van der Waals surface area contributed by atoms with Crippen LogP contribution in [0.15, 0.2) is 18.2 Å². The Balaban J connectivity index is 1.68. The van der Waals surface area contributed by atoms with E-state index in [0.29, 0.717) is 56.6 Å². The number of benzene rings is 1. The Morgan fingerprint density at radius 1 is 0.939 bits per heavy atom. The third kappa shape index (κ3) is 5.39. The molecule has 2 fully saturated rings. The maximum Gasteiger partial charge on any atom is 0.339 e. The second kappa shape index (κ2) is 9.31. The van der Waals surface area contributed by atoms with Gasteiger partial charge in [0.1, 0.15) is 11.3 Å². The fraction of sp³-hybridized carbons (Fsp3) is 0.500. The summed E-state index contributed by atoms with van der Waals surface area (Å²) in [5.41, 5.74) is 18.5. The van der Waals surface area contributed by atoms with Crippen molar-refractivity contribution in [3.8, 4) is 5.75 Å². The molecule has 178 valence electrons. The summed E-state index contributed by atoms with van der Waals surface area (Å²) < 4.78 is 0. The van der Waals surface area contributed by atoms with Crippen LogP contribution in [0.25, 0.3) is 0 Å². The van der Waals surface area contributed by atoms with Gasteiger partial charge in [0, 0.05) is 56.1 Å². The van der Waals surface area contributed by atoms with Crippen molar-refractivity contribution in [3.05, 3.63) is 23.8 Å². The third-order valence-electron chi connectivity index (χ3n) is 5.64. The lowest BCUT2D eigenvalue weighted by molar-refractivity contribution is 0.0693. The van der Waals surface area contributed by atoms with Crippen LogP contribution < -0.4 is 32.3 Å². The molecule has 4 atom stereocenters. The predicted molar refractivity (Wildman–Crippen MR) is 122 cm³/mol. The Labute approximate surface area is 190 Å². The van der Waals surface area contributed by atoms with E-state index < -0.39 is 12.1 Å². The van der Waals surface area contributed by atoms with Gasteiger partial charge in [0.2, 0.25) is 17.8 Å². The molecule has 0 aliphatic carbocycles. The molecule has 3 heterocycles. The van der Waals surface area contributed by atoms with Crippen LogP contribution in [0, 0.1) is 0 Å². The number of carbonyl (C=O) groups is 1. The Bertz CT molecular complexity index is 959. The van der Waals surface area contributed by atoms with Crippen LogP contribution in [0.1, 0.15) is 23.2 Å². The molecule has 0 bridgehead atoms. The topological polar surface area (TPSA) is 213 Å². The first-order valence-electron chi connectivity index (χ1n) is 10.7. The third-order valence-corrected chi connectivity index (χ3v) is 5.64. The van der Waals surface area contributed by atoms with Gasteiger partial charge in [0.25, 0.3) is 0 Å². The standard InChI is InChI=1S/C20H29N9O4/c21-10-3-11(22)7-28(6-10)19-25-18(24-13-1-2-15(17(32)33)16(31)5-13)26-20(27-19)29-8-12(23)4-14(30)9-29/h1-2,5,10-12,14,30-31H,3-4,6-9,21-23H2,(H,32,33)(H,24,25,26,27)/t10-,11+,12-,14+/m0/s1. The van der Waals surface area contributed by atoms with E-state index in [9.17, 15) is 15.0 Å². The summed E-state index contributed by atoms with van der Waals surface area (Å²) in [7, 11) is 0. The number of hydrogen-bond acceptors (Lipinski definition) is 12. The Hall–Kier alpha value is -3.26. The summed E-state index contributed by atoms with van der Waals surface area (Å²) in [6, 6.07) is 3.57. The quantitative estimate of drug-likeness (QED) is 0.280.